The minimum atomic E-state index is 0. The molecule has 0 saturated carbocycles. The molecule has 2 fully saturated rings. The largest absolute Gasteiger partial charge is 0.342 e. The first-order valence-electron chi connectivity index (χ1n) is 9.03. The van der Waals surface area contributed by atoms with Crippen LogP contribution in [0.5, 0.6) is 0 Å². The van der Waals surface area contributed by atoms with E-state index in [1.807, 2.05) is 4.68 Å². The Labute approximate surface area is 162 Å². The lowest BCUT2D eigenvalue weighted by Gasteiger charge is -2.34. The molecule has 3 rings (SSSR count). The van der Waals surface area contributed by atoms with Gasteiger partial charge >= 0.3 is 0 Å². The van der Waals surface area contributed by atoms with E-state index in [2.05, 4.69) is 27.2 Å². The Morgan fingerprint density at radius 2 is 2.04 bits per heavy atom. The molecular formula is C17H31Cl2N5O. The summed E-state index contributed by atoms with van der Waals surface area (Å²) in [6, 6.07) is 0. The summed E-state index contributed by atoms with van der Waals surface area (Å²) in [4.78, 5) is 18.8. The number of rotatable bonds is 5. The van der Waals surface area contributed by atoms with Crippen LogP contribution in [0.2, 0.25) is 0 Å². The zero-order chi connectivity index (χ0) is 16.1. The Hall–Kier alpha value is -0.850. The normalized spacial score (nSPS) is 22.6. The standard InChI is InChI=1S/C17H29N5O.2ClH/c1-14(16-4-6-18-7-5-16)9-17(23)21-8-2-3-15(10-21)11-22-13-19-12-20-22;;/h12-16,18H,2-11H2,1H3;2*1H. The van der Waals surface area contributed by atoms with Crippen LogP contribution >= 0.6 is 24.8 Å². The second-order valence-corrected chi connectivity index (χ2v) is 7.23. The lowest BCUT2D eigenvalue weighted by molar-refractivity contribution is -0.134. The van der Waals surface area contributed by atoms with Gasteiger partial charge in [0.25, 0.3) is 0 Å². The van der Waals surface area contributed by atoms with Crippen LogP contribution in [0, 0.1) is 17.8 Å². The van der Waals surface area contributed by atoms with E-state index in [4.69, 9.17) is 0 Å². The molecule has 8 heteroatoms. The van der Waals surface area contributed by atoms with Crippen molar-refractivity contribution in [1.29, 1.82) is 0 Å². The van der Waals surface area contributed by atoms with E-state index in [0.29, 0.717) is 30.1 Å². The summed E-state index contributed by atoms with van der Waals surface area (Å²) in [5.74, 6) is 2.05. The van der Waals surface area contributed by atoms with Gasteiger partial charge in [-0.15, -0.1) is 24.8 Å². The number of nitrogens with one attached hydrogen (secondary N) is 1. The number of piperidine rings is 2. The average molecular weight is 392 g/mol. The van der Waals surface area contributed by atoms with Crippen LogP contribution in [-0.2, 0) is 11.3 Å². The molecule has 0 radical (unpaired) electrons. The van der Waals surface area contributed by atoms with E-state index in [1.165, 1.54) is 19.3 Å². The van der Waals surface area contributed by atoms with Crippen molar-refractivity contribution in [3.8, 4) is 0 Å². The average Bonchev–Trinajstić information content (AvgIpc) is 3.09. The SMILES string of the molecule is CC(CC(=O)N1CCCC(Cn2cncn2)C1)C1CCNCC1.Cl.Cl. The number of nitrogens with zero attached hydrogens (tertiary/aromatic N) is 4. The molecule has 6 nitrogen and oxygen atoms in total. The van der Waals surface area contributed by atoms with Gasteiger partial charge in [0.1, 0.15) is 12.7 Å². The van der Waals surface area contributed by atoms with Crippen molar-refractivity contribution in [3.63, 3.8) is 0 Å². The fourth-order valence-corrected chi connectivity index (χ4v) is 4.02. The second kappa shape index (κ2) is 11.0. The van der Waals surface area contributed by atoms with Gasteiger partial charge in [-0.1, -0.05) is 6.92 Å². The molecule has 2 saturated heterocycles. The lowest BCUT2D eigenvalue weighted by atomic mass is 9.83. The van der Waals surface area contributed by atoms with Crippen molar-refractivity contribution in [1.82, 2.24) is 25.0 Å². The number of likely N-dealkylation sites (tertiary alicyclic amines) is 1. The van der Waals surface area contributed by atoms with E-state index in [-0.39, 0.29) is 24.8 Å². The summed E-state index contributed by atoms with van der Waals surface area (Å²) in [6.45, 7) is 7.13. The molecule has 0 spiro atoms. The van der Waals surface area contributed by atoms with Crippen LogP contribution < -0.4 is 5.32 Å². The number of hydrogen-bond acceptors (Lipinski definition) is 4. The third-order valence-corrected chi connectivity index (χ3v) is 5.47. The molecule has 144 valence electrons. The molecule has 2 unspecified atom stereocenters. The van der Waals surface area contributed by atoms with E-state index < -0.39 is 0 Å². The fraction of sp³-hybridized carbons (Fsp3) is 0.824. The second-order valence-electron chi connectivity index (χ2n) is 7.23. The minimum Gasteiger partial charge on any atom is -0.342 e. The number of carbonyl (C=O) groups is 1. The van der Waals surface area contributed by atoms with Crippen LogP contribution in [0.25, 0.3) is 0 Å². The maximum atomic E-state index is 12.7. The fourth-order valence-electron chi connectivity index (χ4n) is 4.02. The highest BCUT2D eigenvalue weighted by Crippen LogP contribution is 2.26. The van der Waals surface area contributed by atoms with E-state index in [9.17, 15) is 4.79 Å². The topological polar surface area (TPSA) is 63.1 Å². The van der Waals surface area contributed by atoms with E-state index >= 15 is 0 Å². The van der Waals surface area contributed by atoms with Crippen molar-refractivity contribution in [3.05, 3.63) is 12.7 Å². The monoisotopic (exact) mass is 391 g/mol. The first kappa shape index (κ1) is 22.2. The summed E-state index contributed by atoms with van der Waals surface area (Å²) in [5.41, 5.74) is 0. The van der Waals surface area contributed by atoms with Crippen LogP contribution in [0.15, 0.2) is 12.7 Å². The Kier molecular flexibility index (Phi) is 9.75. The molecule has 0 aliphatic carbocycles. The van der Waals surface area contributed by atoms with Gasteiger partial charge in [-0.3, -0.25) is 9.48 Å². The number of carbonyl (C=O) groups excluding carboxylic acids is 1. The lowest BCUT2D eigenvalue weighted by Crippen LogP contribution is -2.42. The van der Waals surface area contributed by atoms with E-state index in [0.717, 1.165) is 39.1 Å². The third-order valence-electron chi connectivity index (χ3n) is 5.47. The molecule has 1 amide bonds. The molecule has 1 aromatic rings. The highest BCUT2D eigenvalue weighted by atomic mass is 35.5. The predicted molar refractivity (Wildman–Crippen MR) is 103 cm³/mol. The van der Waals surface area contributed by atoms with Crippen LogP contribution in [0.3, 0.4) is 0 Å². The van der Waals surface area contributed by atoms with E-state index in [1.54, 1.807) is 12.7 Å². The zero-order valence-corrected chi connectivity index (χ0v) is 16.6. The van der Waals surface area contributed by atoms with Gasteiger partial charge in [0.05, 0.1) is 0 Å². The number of hydrogen-bond donors (Lipinski definition) is 1. The summed E-state index contributed by atoms with van der Waals surface area (Å²) in [5, 5.41) is 7.59. The summed E-state index contributed by atoms with van der Waals surface area (Å²) in [7, 11) is 0. The Bertz CT molecular complexity index is 493. The molecule has 0 bridgehead atoms. The number of halogens is 2. The third kappa shape index (κ3) is 6.42. The Morgan fingerprint density at radius 1 is 1.28 bits per heavy atom. The molecule has 2 aliphatic rings. The van der Waals surface area contributed by atoms with Crippen molar-refractivity contribution in [2.24, 2.45) is 17.8 Å². The van der Waals surface area contributed by atoms with Crippen LogP contribution in [0.4, 0.5) is 0 Å². The Morgan fingerprint density at radius 3 is 2.72 bits per heavy atom. The van der Waals surface area contributed by atoms with Crippen molar-refractivity contribution < 1.29 is 4.79 Å². The highest BCUT2D eigenvalue weighted by molar-refractivity contribution is 5.85. The summed E-state index contributed by atoms with van der Waals surface area (Å²) < 4.78 is 1.89. The molecule has 1 N–H and O–H groups in total. The predicted octanol–water partition coefficient (Wildman–Crippen LogP) is 2.39. The first-order valence-corrected chi connectivity index (χ1v) is 9.03. The Balaban J connectivity index is 0.00000156. The van der Waals surface area contributed by atoms with Gasteiger partial charge in [0, 0.05) is 26.1 Å². The molecular weight excluding hydrogens is 361 g/mol. The van der Waals surface area contributed by atoms with Crippen LogP contribution in [-0.4, -0.2) is 51.8 Å². The van der Waals surface area contributed by atoms with Gasteiger partial charge in [0.15, 0.2) is 0 Å². The summed E-state index contributed by atoms with van der Waals surface area (Å²) in [6.07, 6.45) is 8.75. The van der Waals surface area contributed by atoms with Gasteiger partial charge < -0.3 is 10.2 Å². The molecule has 0 aromatic carbocycles. The molecule has 25 heavy (non-hydrogen) atoms. The van der Waals surface area contributed by atoms with Crippen molar-refractivity contribution in [2.75, 3.05) is 26.2 Å². The van der Waals surface area contributed by atoms with Gasteiger partial charge in [-0.05, 0) is 56.5 Å². The smallest absolute Gasteiger partial charge is 0.222 e. The quantitative estimate of drug-likeness (QED) is 0.836. The zero-order valence-electron chi connectivity index (χ0n) is 15.0. The van der Waals surface area contributed by atoms with Gasteiger partial charge in [0.2, 0.25) is 5.91 Å². The first-order chi connectivity index (χ1) is 11.2. The minimum absolute atomic E-state index is 0. The molecule has 3 heterocycles. The molecule has 2 aliphatic heterocycles. The number of aromatic nitrogens is 3. The van der Waals surface area contributed by atoms with Crippen molar-refractivity contribution >= 4 is 30.7 Å². The maximum absolute atomic E-state index is 12.7. The van der Waals surface area contributed by atoms with Crippen LogP contribution in [0.1, 0.15) is 39.0 Å². The highest BCUT2D eigenvalue weighted by Gasteiger charge is 2.27. The summed E-state index contributed by atoms with van der Waals surface area (Å²) >= 11 is 0. The van der Waals surface area contributed by atoms with Gasteiger partial charge in [-0.2, -0.15) is 5.10 Å². The molecule has 2 atom stereocenters. The van der Waals surface area contributed by atoms with Crippen molar-refractivity contribution in [2.45, 2.75) is 45.6 Å². The van der Waals surface area contributed by atoms with Gasteiger partial charge in [-0.25, -0.2) is 4.98 Å². The number of amides is 1. The maximum Gasteiger partial charge on any atom is 0.222 e. The molecule has 1 aromatic heterocycles.